The first-order valence-corrected chi connectivity index (χ1v) is 11.7. The number of fused-ring (bicyclic) bond motifs is 3. The molecule has 5 rings (SSSR count). The van der Waals surface area contributed by atoms with E-state index in [4.69, 9.17) is 10.5 Å². The Kier molecular flexibility index (Phi) is 5.64. The molecular formula is C26H25N3O2S. The molecule has 0 bridgehead atoms. The van der Waals surface area contributed by atoms with E-state index in [0.717, 1.165) is 45.2 Å². The van der Waals surface area contributed by atoms with Gasteiger partial charge in [-0.2, -0.15) is 0 Å². The lowest BCUT2D eigenvalue weighted by Gasteiger charge is -2.33. The number of aromatic amines is 1. The van der Waals surface area contributed by atoms with E-state index < -0.39 is 0 Å². The van der Waals surface area contributed by atoms with Gasteiger partial charge < -0.3 is 20.4 Å². The molecule has 32 heavy (non-hydrogen) atoms. The van der Waals surface area contributed by atoms with Crippen LogP contribution >= 0.6 is 11.8 Å². The van der Waals surface area contributed by atoms with Gasteiger partial charge in [0.15, 0.2) is 0 Å². The normalized spacial score (nSPS) is 12.5. The summed E-state index contributed by atoms with van der Waals surface area (Å²) >= 11 is 1.69. The number of nitrogens with two attached hydrogens (primary N) is 1. The van der Waals surface area contributed by atoms with E-state index in [9.17, 15) is 4.79 Å². The maximum atomic E-state index is 12.3. The topological polar surface area (TPSA) is 71.4 Å². The van der Waals surface area contributed by atoms with Gasteiger partial charge in [0.25, 0.3) is 0 Å². The van der Waals surface area contributed by atoms with Crippen LogP contribution in [0.5, 0.6) is 0 Å². The number of benzene rings is 3. The number of para-hydroxylation sites is 1. The summed E-state index contributed by atoms with van der Waals surface area (Å²) in [6.45, 7) is 3.63. The van der Waals surface area contributed by atoms with Crippen LogP contribution in [0.2, 0.25) is 0 Å². The van der Waals surface area contributed by atoms with Crippen LogP contribution in [-0.4, -0.2) is 30.6 Å². The minimum atomic E-state index is -0.290. The fraction of sp³-hybridized carbons (Fsp3) is 0.192. The number of rotatable bonds is 6. The molecule has 162 valence electrons. The van der Waals surface area contributed by atoms with Crippen LogP contribution in [-0.2, 0) is 4.74 Å². The third-order valence-electron chi connectivity index (χ3n) is 5.66. The van der Waals surface area contributed by atoms with Crippen molar-refractivity contribution in [1.82, 2.24) is 4.98 Å². The Labute approximate surface area is 191 Å². The highest BCUT2D eigenvalue weighted by atomic mass is 32.2. The summed E-state index contributed by atoms with van der Waals surface area (Å²) in [7, 11) is 0. The Morgan fingerprint density at radius 3 is 2.59 bits per heavy atom. The fourth-order valence-corrected chi connectivity index (χ4v) is 5.29. The lowest BCUT2D eigenvalue weighted by Crippen LogP contribution is -2.24. The maximum absolute atomic E-state index is 12.3. The van der Waals surface area contributed by atoms with E-state index in [-0.39, 0.29) is 5.97 Å². The molecule has 1 aromatic heterocycles. The molecule has 2 heterocycles. The van der Waals surface area contributed by atoms with E-state index in [0.29, 0.717) is 18.7 Å². The smallest absolute Gasteiger partial charge is 0.338 e. The molecule has 4 aromatic rings. The van der Waals surface area contributed by atoms with Crippen molar-refractivity contribution >= 4 is 40.0 Å². The Hall–Kier alpha value is -3.22. The van der Waals surface area contributed by atoms with Gasteiger partial charge in [0.2, 0.25) is 0 Å². The van der Waals surface area contributed by atoms with Crippen LogP contribution in [0.1, 0.15) is 23.7 Å². The van der Waals surface area contributed by atoms with Gasteiger partial charge in [-0.1, -0.05) is 36.0 Å². The molecular weight excluding hydrogens is 418 g/mol. The number of hydrogen-bond acceptors (Lipinski definition) is 5. The highest BCUT2D eigenvalue weighted by Gasteiger charge is 2.25. The number of hydrogen-bond donors (Lipinski definition) is 2. The summed E-state index contributed by atoms with van der Waals surface area (Å²) in [5.41, 5.74) is 12.0. The summed E-state index contributed by atoms with van der Waals surface area (Å²) in [6.07, 6.45) is 0.882. The number of nitrogens with one attached hydrogen (secondary N) is 1. The van der Waals surface area contributed by atoms with Gasteiger partial charge in [0.1, 0.15) is 0 Å². The molecule has 1 aliphatic rings. The van der Waals surface area contributed by atoms with Crippen LogP contribution in [0.3, 0.4) is 0 Å². The molecule has 0 saturated heterocycles. The lowest BCUT2D eigenvalue weighted by molar-refractivity contribution is 0.0526. The zero-order valence-electron chi connectivity index (χ0n) is 17.9. The van der Waals surface area contributed by atoms with Crippen LogP contribution in [0.25, 0.3) is 22.2 Å². The summed E-state index contributed by atoms with van der Waals surface area (Å²) in [6, 6.07) is 22.8. The Balaban J connectivity index is 1.56. The molecule has 0 aliphatic carbocycles. The number of ether oxygens (including phenoxy) is 1. The number of carbonyl (C=O) groups excluding carboxylic acids is 1. The molecule has 6 heteroatoms. The van der Waals surface area contributed by atoms with Crippen molar-refractivity contribution in [3.63, 3.8) is 0 Å². The highest BCUT2D eigenvalue weighted by molar-refractivity contribution is 7.99. The second-order valence-corrected chi connectivity index (χ2v) is 8.84. The first-order chi connectivity index (χ1) is 15.7. The zero-order chi connectivity index (χ0) is 22.1. The number of aromatic nitrogens is 1. The minimum absolute atomic E-state index is 0.290. The third-order valence-corrected chi connectivity index (χ3v) is 6.75. The van der Waals surface area contributed by atoms with Crippen molar-refractivity contribution < 1.29 is 9.53 Å². The average molecular weight is 444 g/mol. The summed E-state index contributed by atoms with van der Waals surface area (Å²) in [5.74, 6) is -0.290. The second-order valence-electron chi connectivity index (χ2n) is 7.75. The zero-order valence-corrected chi connectivity index (χ0v) is 18.7. The van der Waals surface area contributed by atoms with Crippen molar-refractivity contribution in [1.29, 1.82) is 0 Å². The molecule has 0 atom stereocenters. The van der Waals surface area contributed by atoms with Gasteiger partial charge in [-0.25, -0.2) is 4.79 Å². The summed E-state index contributed by atoms with van der Waals surface area (Å²) in [5, 5.41) is 1.20. The molecule has 0 radical (unpaired) electrons. The van der Waals surface area contributed by atoms with Crippen LogP contribution in [0, 0.1) is 0 Å². The number of anilines is 2. The van der Waals surface area contributed by atoms with Gasteiger partial charge in [0.05, 0.1) is 23.5 Å². The van der Waals surface area contributed by atoms with Crippen molar-refractivity contribution in [2.45, 2.75) is 23.1 Å². The molecule has 0 saturated carbocycles. The van der Waals surface area contributed by atoms with Crippen molar-refractivity contribution in [3.8, 4) is 11.3 Å². The van der Waals surface area contributed by atoms with Gasteiger partial charge in [-0.3, -0.25) is 0 Å². The van der Waals surface area contributed by atoms with Crippen molar-refractivity contribution in [2.24, 2.45) is 5.73 Å². The molecule has 1 aliphatic heterocycles. The largest absolute Gasteiger partial charge is 0.462 e. The Bertz CT molecular complexity index is 1260. The van der Waals surface area contributed by atoms with E-state index in [1.54, 1.807) is 11.8 Å². The second kappa shape index (κ2) is 8.73. The van der Waals surface area contributed by atoms with Crippen molar-refractivity contribution in [2.75, 3.05) is 24.6 Å². The number of nitrogens with zero attached hydrogens (tertiary/aromatic N) is 1. The molecule has 3 aromatic carbocycles. The van der Waals surface area contributed by atoms with E-state index in [1.165, 1.54) is 11.1 Å². The molecule has 0 unspecified atom stereocenters. The highest BCUT2D eigenvalue weighted by Crippen LogP contribution is 2.49. The first kappa shape index (κ1) is 20.7. The van der Waals surface area contributed by atoms with Crippen LogP contribution in [0.4, 0.5) is 11.4 Å². The maximum Gasteiger partial charge on any atom is 0.338 e. The Morgan fingerprint density at radius 2 is 1.81 bits per heavy atom. The van der Waals surface area contributed by atoms with Crippen LogP contribution < -0.4 is 10.6 Å². The van der Waals surface area contributed by atoms with E-state index in [2.05, 4.69) is 52.3 Å². The van der Waals surface area contributed by atoms with E-state index >= 15 is 0 Å². The molecule has 5 nitrogen and oxygen atoms in total. The monoisotopic (exact) mass is 443 g/mol. The number of carbonyl (C=O) groups is 1. The van der Waals surface area contributed by atoms with Gasteiger partial charge in [-0.15, -0.1) is 0 Å². The predicted molar refractivity (Wildman–Crippen MR) is 131 cm³/mol. The molecule has 3 N–H and O–H groups in total. The molecule has 0 amide bonds. The van der Waals surface area contributed by atoms with Gasteiger partial charge in [0, 0.05) is 32.9 Å². The third kappa shape index (κ3) is 3.76. The summed E-state index contributed by atoms with van der Waals surface area (Å²) < 4.78 is 5.20. The lowest BCUT2D eigenvalue weighted by atomic mass is 10.1. The first-order valence-electron chi connectivity index (χ1n) is 10.9. The molecule has 0 fully saturated rings. The number of esters is 1. The average Bonchev–Trinajstić information content (AvgIpc) is 3.25. The number of H-pyrrole nitrogens is 1. The Morgan fingerprint density at radius 1 is 1.03 bits per heavy atom. The predicted octanol–water partition coefficient (Wildman–Crippen LogP) is 5.96. The fourth-order valence-electron chi connectivity index (χ4n) is 4.11. The van der Waals surface area contributed by atoms with Gasteiger partial charge in [-0.05, 0) is 67.9 Å². The van der Waals surface area contributed by atoms with Crippen LogP contribution in [0.15, 0.2) is 76.5 Å². The SMILES string of the molecule is CCOC(=O)c1ccc2c(c1)Sc1cc(-c3cc4ccccc4[nH]3)ccc1N2CCCN. The van der Waals surface area contributed by atoms with E-state index in [1.807, 2.05) is 31.2 Å². The standard InChI is InChI=1S/C26H25N3O2S/c1-2-31-26(30)19-9-11-23-25(16-19)32-24-15-18(8-10-22(24)29(23)13-5-12-27)21-14-17-6-3-4-7-20(17)28-21/h3-4,6-11,14-16,28H,2,5,12-13,27H2,1H3. The minimum Gasteiger partial charge on any atom is -0.462 e. The molecule has 0 spiro atoms. The summed E-state index contributed by atoms with van der Waals surface area (Å²) in [4.78, 5) is 20.3. The quantitative estimate of drug-likeness (QED) is 0.360. The van der Waals surface area contributed by atoms with Gasteiger partial charge >= 0.3 is 5.97 Å². The van der Waals surface area contributed by atoms with Crippen molar-refractivity contribution in [3.05, 3.63) is 72.3 Å².